The van der Waals surface area contributed by atoms with E-state index in [9.17, 15) is 4.79 Å². The van der Waals surface area contributed by atoms with Crippen molar-refractivity contribution in [3.63, 3.8) is 0 Å². The monoisotopic (exact) mass is 197 g/mol. The third-order valence-electron chi connectivity index (χ3n) is 1.36. The van der Waals surface area contributed by atoms with E-state index in [1.807, 2.05) is 41.5 Å². The molecule has 0 spiro atoms. The average molecular weight is 197 g/mol. The zero-order valence-electron chi connectivity index (χ0n) is 10.3. The topological polar surface area (TPSA) is 29.1 Å². The summed E-state index contributed by atoms with van der Waals surface area (Å²) in [5.41, 5.74) is 0.487. The molecule has 0 radical (unpaired) electrons. The molecule has 0 bridgehead atoms. The van der Waals surface area contributed by atoms with Crippen LogP contribution in [0.1, 0.15) is 41.5 Å². The molecule has 1 amide bonds. The summed E-state index contributed by atoms with van der Waals surface area (Å²) in [6, 6.07) is 0. The number of nitrogens with one attached hydrogen (secondary N) is 1. The number of hydrogen-bond acceptors (Lipinski definition) is 1. The van der Waals surface area contributed by atoms with Gasteiger partial charge in [-0.15, -0.1) is 0 Å². The molecule has 82 valence electrons. The molecule has 0 fully saturated rings. The van der Waals surface area contributed by atoms with Gasteiger partial charge in [-0.2, -0.15) is 0 Å². The van der Waals surface area contributed by atoms with Crippen molar-refractivity contribution >= 4 is 5.91 Å². The Kier molecular flexibility index (Phi) is 8.11. The van der Waals surface area contributed by atoms with Crippen molar-refractivity contribution in [2.45, 2.75) is 41.5 Å². The lowest BCUT2D eigenvalue weighted by atomic mass is 9.95. The van der Waals surface area contributed by atoms with Gasteiger partial charge in [0.15, 0.2) is 0 Å². The Morgan fingerprint density at radius 1 is 1.29 bits per heavy atom. The van der Waals surface area contributed by atoms with Crippen molar-refractivity contribution in [2.75, 3.05) is 0 Å². The van der Waals surface area contributed by atoms with Gasteiger partial charge in [0.2, 0.25) is 5.91 Å². The molecule has 0 unspecified atom stereocenters. The number of amides is 1. The van der Waals surface area contributed by atoms with Gasteiger partial charge in [0.1, 0.15) is 0 Å². The normalized spacial score (nSPS) is 11.1. The Bertz CT molecular complexity index is 209. The molecule has 0 aliphatic heterocycles. The molecule has 14 heavy (non-hydrogen) atoms. The highest BCUT2D eigenvalue weighted by Gasteiger charge is 2.20. The van der Waals surface area contributed by atoms with Crippen LogP contribution in [0.5, 0.6) is 0 Å². The minimum Gasteiger partial charge on any atom is -0.330 e. The summed E-state index contributed by atoms with van der Waals surface area (Å²) in [5.74, 6) is 0.0260. The van der Waals surface area contributed by atoms with Crippen LogP contribution in [0, 0.1) is 5.41 Å². The van der Waals surface area contributed by atoms with Crippen LogP contribution < -0.4 is 5.32 Å². The molecule has 0 heterocycles. The SMILES string of the molecule is C=C/C=C(\C)NC(=O)C(C)(C)C.CC. The molecule has 0 saturated heterocycles. The van der Waals surface area contributed by atoms with Crippen molar-refractivity contribution in [3.8, 4) is 0 Å². The Balaban J connectivity index is 0. The zero-order valence-corrected chi connectivity index (χ0v) is 10.3. The summed E-state index contributed by atoms with van der Waals surface area (Å²) in [6.07, 6.45) is 3.42. The highest BCUT2D eigenvalue weighted by atomic mass is 16.2. The first-order valence-electron chi connectivity index (χ1n) is 4.98. The fourth-order valence-corrected chi connectivity index (χ4v) is 0.585. The van der Waals surface area contributed by atoms with Gasteiger partial charge in [-0.3, -0.25) is 4.79 Å². The van der Waals surface area contributed by atoms with E-state index in [1.165, 1.54) is 0 Å². The van der Waals surface area contributed by atoms with Gasteiger partial charge in [-0.25, -0.2) is 0 Å². The average Bonchev–Trinajstić information content (AvgIpc) is 2.06. The fourth-order valence-electron chi connectivity index (χ4n) is 0.585. The molecular weight excluding hydrogens is 174 g/mol. The van der Waals surface area contributed by atoms with Crippen LogP contribution in [0.2, 0.25) is 0 Å². The molecule has 0 saturated carbocycles. The van der Waals surface area contributed by atoms with E-state index >= 15 is 0 Å². The van der Waals surface area contributed by atoms with Gasteiger partial charge in [-0.05, 0) is 13.0 Å². The van der Waals surface area contributed by atoms with Gasteiger partial charge in [0.05, 0.1) is 0 Å². The second-order valence-corrected chi connectivity index (χ2v) is 3.79. The Hall–Kier alpha value is -1.05. The first kappa shape index (κ1) is 15.4. The lowest BCUT2D eigenvalue weighted by molar-refractivity contribution is -0.127. The van der Waals surface area contributed by atoms with E-state index in [0.29, 0.717) is 0 Å². The van der Waals surface area contributed by atoms with Crippen LogP contribution in [0.3, 0.4) is 0 Å². The van der Waals surface area contributed by atoms with Crippen molar-refractivity contribution in [1.82, 2.24) is 5.32 Å². The minimum absolute atomic E-state index is 0.0260. The molecule has 0 atom stereocenters. The fraction of sp³-hybridized carbons (Fsp3) is 0.583. The maximum Gasteiger partial charge on any atom is 0.229 e. The molecule has 0 aromatic carbocycles. The summed E-state index contributed by atoms with van der Waals surface area (Å²) in [4.78, 5) is 11.4. The van der Waals surface area contributed by atoms with Crippen LogP contribution in [0.15, 0.2) is 24.4 Å². The highest BCUT2D eigenvalue weighted by Crippen LogP contribution is 2.13. The summed E-state index contributed by atoms with van der Waals surface area (Å²) in [5, 5.41) is 2.77. The Morgan fingerprint density at radius 3 is 2.00 bits per heavy atom. The maximum atomic E-state index is 11.4. The van der Waals surface area contributed by atoms with E-state index in [4.69, 9.17) is 0 Å². The molecule has 1 N–H and O–H groups in total. The maximum absolute atomic E-state index is 11.4. The summed E-state index contributed by atoms with van der Waals surface area (Å²) in [7, 11) is 0. The smallest absolute Gasteiger partial charge is 0.229 e. The standard InChI is InChI=1S/C10H17NO.C2H6/c1-6-7-8(2)11-9(12)10(3,4)5;1-2/h6-7H,1H2,2-5H3,(H,11,12);1-2H3/b8-7+;. The van der Waals surface area contributed by atoms with Crippen LogP contribution >= 0.6 is 0 Å². The minimum atomic E-state index is -0.337. The third kappa shape index (κ3) is 7.59. The molecule has 0 aliphatic rings. The predicted octanol–water partition coefficient (Wildman–Crippen LogP) is 3.26. The van der Waals surface area contributed by atoms with E-state index in [-0.39, 0.29) is 11.3 Å². The van der Waals surface area contributed by atoms with E-state index in [0.717, 1.165) is 5.70 Å². The second-order valence-electron chi connectivity index (χ2n) is 3.79. The van der Waals surface area contributed by atoms with Gasteiger partial charge >= 0.3 is 0 Å². The van der Waals surface area contributed by atoms with Crippen molar-refractivity contribution in [3.05, 3.63) is 24.4 Å². The lowest BCUT2D eigenvalue weighted by Gasteiger charge is -2.17. The molecule has 2 heteroatoms. The van der Waals surface area contributed by atoms with Crippen LogP contribution in [-0.4, -0.2) is 5.91 Å². The summed E-state index contributed by atoms with van der Waals surface area (Å²) < 4.78 is 0. The Labute approximate surface area is 88.1 Å². The highest BCUT2D eigenvalue weighted by molar-refractivity contribution is 5.82. The molecule has 0 aliphatic carbocycles. The van der Waals surface area contributed by atoms with E-state index in [2.05, 4.69) is 11.9 Å². The zero-order chi connectivity index (χ0) is 11.8. The van der Waals surface area contributed by atoms with Gasteiger partial charge < -0.3 is 5.32 Å². The first-order valence-corrected chi connectivity index (χ1v) is 4.98. The number of hydrogen-bond donors (Lipinski definition) is 1. The van der Waals surface area contributed by atoms with Crippen molar-refractivity contribution in [2.24, 2.45) is 5.41 Å². The Morgan fingerprint density at radius 2 is 1.71 bits per heavy atom. The van der Waals surface area contributed by atoms with Crippen molar-refractivity contribution in [1.29, 1.82) is 0 Å². The second kappa shape index (κ2) is 7.36. The molecule has 0 aromatic rings. The molecule has 0 rings (SSSR count). The molecular formula is C12H23NO. The van der Waals surface area contributed by atoms with Crippen LogP contribution in [0.25, 0.3) is 0 Å². The number of carbonyl (C=O) groups is 1. The summed E-state index contributed by atoms with van der Waals surface area (Å²) >= 11 is 0. The molecule has 0 aromatic heterocycles. The van der Waals surface area contributed by atoms with E-state index < -0.39 is 0 Å². The van der Waals surface area contributed by atoms with Gasteiger partial charge in [0, 0.05) is 11.1 Å². The number of allylic oxidation sites excluding steroid dienone is 3. The quantitative estimate of drug-likeness (QED) is 0.676. The molecule has 2 nitrogen and oxygen atoms in total. The third-order valence-corrected chi connectivity index (χ3v) is 1.36. The predicted molar refractivity (Wildman–Crippen MR) is 62.9 cm³/mol. The van der Waals surface area contributed by atoms with Crippen molar-refractivity contribution < 1.29 is 4.79 Å². The van der Waals surface area contributed by atoms with E-state index in [1.54, 1.807) is 12.2 Å². The van der Waals surface area contributed by atoms with Gasteiger partial charge in [0.25, 0.3) is 0 Å². The number of rotatable bonds is 2. The lowest BCUT2D eigenvalue weighted by Crippen LogP contribution is -2.33. The van der Waals surface area contributed by atoms with Crippen LogP contribution in [0.4, 0.5) is 0 Å². The summed E-state index contributed by atoms with van der Waals surface area (Å²) in [6.45, 7) is 15.0. The largest absolute Gasteiger partial charge is 0.330 e. The van der Waals surface area contributed by atoms with Crippen LogP contribution in [-0.2, 0) is 4.79 Å². The number of carbonyl (C=O) groups excluding carboxylic acids is 1. The van der Waals surface area contributed by atoms with Gasteiger partial charge in [-0.1, -0.05) is 47.3 Å². The first-order chi connectivity index (χ1) is 6.38.